The minimum absolute atomic E-state index is 0.0127. The summed E-state index contributed by atoms with van der Waals surface area (Å²) in [6.07, 6.45) is 3.23. The quantitative estimate of drug-likeness (QED) is 0.271. The van der Waals surface area contributed by atoms with E-state index in [1.165, 1.54) is 0 Å². The first kappa shape index (κ1) is 24.3. The third-order valence-corrected chi connectivity index (χ3v) is 5.03. The molecule has 34 heavy (non-hydrogen) atoms. The van der Waals surface area contributed by atoms with E-state index in [-0.39, 0.29) is 11.6 Å². The molecular formula is C31H27NO2. The molecule has 0 unspecified atom stereocenters. The number of aromatic nitrogens is 1. The molecule has 4 aromatic carbocycles. The summed E-state index contributed by atoms with van der Waals surface area (Å²) in [6.45, 7) is 4.00. The SMILES string of the molecule is CC.O=C(c1ccccc1)c1cccc2ccccc12.O=C(c1ccccc1)c1cccnc1. The van der Waals surface area contributed by atoms with Crippen molar-refractivity contribution in [1.82, 2.24) is 4.98 Å². The Morgan fingerprint density at radius 1 is 0.529 bits per heavy atom. The van der Waals surface area contributed by atoms with Gasteiger partial charge in [0.2, 0.25) is 0 Å². The Bertz CT molecular complexity index is 1280. The maximum atomic E-state index is 12.5. The second kappa shape index (κ2) is 12.6. The summed E-state index contributed by atoms with van der Waals surface area (Å²) < 4.78 is 0. The monoisotopic (exact) mass is 445 g/mol. The molecule has 0 aliphatic carbocycles. The van der Waals surface area contributed by atoms with Crippen LogP contribution in [0, 0.1) is 0 Å². The van der Waals surface area contributed by atoms with E-state index in [9.17, 15) is 9.59 Å². The summed E-state index contributed by atoms with van der Waals surface area (Å²) in [7, 11) is 0. The highest BCUT2D eigenvalue weighted by Crippen LogP contribution is 2.21. The highest BCUT2D eigenvalue weighted by molar-refractivity contribution is 6.16. The Morgan fingerprint density at radius 3 is 1.68 bits per heavy atom. The molecule has 168 valence electrons. The molecule has 3 nitrogen and oxygen atoms in total. The van der Waals surface area contributed by atoms with Crippen LogP contribution in [0.25, 0.3) is 10.8 Å². The van der Waals surface area contributed by atoms with Crippen molar-refractivity contribution in [2.24, 2.45) is 0 Å². The van der Waals surface area contributed by atoms with Gasteiger partial charge in [0.1, 0.15) is 0 Å². The molecule has 0 radical (unpaired) electrons. The van der Waals surface area contributed by atoms with Crippen LogP contribution in [0.15, 0.2) is 128 Å². The fraction of sp³-hybridized carbons (Fsp3) is 0.0645. The predicted octanol–water partition coefficient (Wildman–Crippen LogP) is 7.41. The number of hydrogen-bond acceptors (Lipinski definition) is 3. The zero-order chi connectivity index (χ0) is 24.2. The van der Waals surface area contributed by atoms with E-state index in [0.717, 1.165) is 21.9 Å². The number of pyridine rings is 1. The maximum absolute atomic E-state index is 12.5. The summed E-state index contributed by atoms with van der Waals surface area (Å²) in [6, 6.07) is 35.9. The summed E-state index contributed by atoms with van der Waals surface area (Å²) in [5.74, 6) is 0.0890. The summed E-state index contributed by atoms with van der Waals surface area (Å²) in [5, 5.41) is 2.10. The molecule has 0 fully saturated rings. The van der Waals surface area contributed by atoms with Crippen LogP contribution in [0.2, 0.25) is 0 Å². The zero-order valence-corrected chi connectivity index (χ0v) is 19.4. The summed E-state index contributed by atoms with van der Waals surface area (Å²) in [5.41, 5.74) is 2.81. The lowest BCUT2D eigenvalue weighted by Gasteiger charge is -2.05. The fourth-order valence-electron chi connectivity index (χ4n) is 3.42. The number of carbonyl (C=O) groups excluding carboxylic acids is 2. The Kier molecular flexibility index (Phi) is 9.00. The number of rotatable bonds is 4. The highest BCUT2D eigenvalue weighted by Gasteiger charge is 2.11. The minimum Gasteiger partial charge on any atom is -0.289 e. The molecule has 0 bridgehead atoms. The normalized spacial score (nSPS) is 9.71. The van der Waals surface area contributed by atoms with Gasteiger partial charge in [-0.15, -0.1) is 0 Å². The van der Waals surface area contributed by atoms with Crippen LogP contribution < -0.4 is 0 Å². The lowest BCUT2D eigenvalue weighted by atomic mass is 9.97. The van der Waals surface area contributed by atoms with Crippen molar-refractivity contribution in [1.29, 1.82) is 0 Å². The van der Waals surface area contributed by atoms with Crippen molar-refractivity contribution >= 4 is 22.3 Å². The summed E-state index contributed by atoms with van der Waals surface area (Å²) >= 11 is 0. The van der Waals surface area contributed by atoms with Gasteiger partial charge in [0, 0.05) is 34.6 Å². The van der Waals surface area contributed by atoms with Gasteiger partial charge in [0.05, 0.1) is 0 Å². The van der Waals surface area contributed by atoms with E-state index in [1.807, 2.05) is 105 Å². The molecule has 0 atom stereocenters. The van der Waals surface area contributed by atoms with Gasteiger partial charge in [0.15, 0.2) is 11.6 Å². The number of carbonyl (C=O) groups is 2. The van der Waals surface area contributed by atoms with E-state index in [4.69, 9.17) is 0 Å². The molecule has 0 saturated heterocycles. The van der Waals surface area contributed by atoms with Crippen molar-refractivity contribution in [3.8, 4) is 0 Å². The first-order chi connectivity index (χ1) is 16.7. The zero-order valence-electron chi connectivity index (χ0n) is 19.4. The standard InChI is InChI=1S/C17H12O.C12H9NO.C2H6/c18-17(14-8-2-1-3-9-14)16-12-6-10-13-7-4-5-11-15(13)16;14-12(10-5-2-1-3-6-10)11-7-4-8-13-9-11;1-2/h1-12H;1-9H;1-2H3. The van der Waals surface area contributed by atoms with E-state index >= 15 is 0 Å². The van der Waals surface area contributed by atoms with Gasteiger partial charge < -0.3 is 0 Å². The number of fused-ring (bicyclic) bond motifs is 1. The molecule has 0 aliphatic rings. The number of hydrogen-bond donors (Lipinski definition) is 0. The average Bonchev–Trinajstić information content (AvgIpc) is 2.95. The van der Waals surface area contributed by atoms with E-state index in [0.29, 0.717) is 11.1 Å². The molecule has 1 aromatic heterocycles. The third-order valence-electron chi connectivity index (χ3n) is 5.03. The Morgan fingerprint density at radius 2 is 1.06 bits per heavy atom. The molecule has 0 amide bonds. The van der Waals surface area contributed by atoms with Crippen molar-refractivity contribution in [3.63, 3.8) is 0 Å². The van der Waals surface area contributed by atoms with E-state index in [1.54, 1.807) is 36.7 Å². The van der Waals surface area contributed by atoms with Crippen molar-refractivity contribution in [3.05, 3.63) is 150 Å². The predicted molar refractivity (Wildman–Crippen MR) is 139 cm³/mol. The average molecular weight is 446 g/mol. The Balaban J connectivity index is 0.000000183. The van der Waals surface area contributed by atoms with Gasteiger partial charge in [-0.25, -0.2) is 0 Å². The summed E-state index contributed by atoms with van der Waals surface area (Å²) in [4.78, 5) is 28.2. The molecule has 5 aromatic rings. The minimum atomic E-state index is 0.0127. The van der Waals surface area contributed by atoms with Crippen LogP contribution in [-0.4, -0.2) is 16.6 Å². The number of ketones is 2. The lowest BCUT2D eigenvalue weighted by molar-refractivity contribution is 0.103. The topological polar surface area (TPSA) is 47.0 Å². The third kappa shape index (κ3) is 6.11. The Labute approximate surface area is 200 Å². The van der Waals surface area contributed by atoms with E-state index < -0.39 is 0 Å². The molecule has 1 heterocycles. The van der Waals surface area contributed by atoms with Crippen molar-refractivity contribution in [2.75, 3.05) is 0 Å². The maximum Gasteiger partial charge on any atom is 0.194 e. The van der Waals surface area contributed by atoms with E-state index in [2.05, 4.69) is 4.98 Å². The smallest absolute Gasteiger partial charge is 0.194 e. The molecular weight excluding hydrogens is 418 g/mol. The van der Waals surface area contributed by atoms with Crippen LogP contribution in [-0.2, 0) is 0 Å². The molecule has 0 aliphatic heterocycles. The van der Waals surface area contributed by atoms with Crippen molar-refractivity contribution < 1.29 is 9.59 Å². The van der Waals surface area contributed by atoms with Gasteiger partial charge in [-0.2, -0.15) is 0 Å². The number of nitrogens with zero attached hydrogens (tertiary/aromatic N) is 1. The van der Waals surface area contributed by atoms with Gasteiger partial charge in [-0.05, 0) is 22.9 Å². The van der Waals surface area contributed by atoms with Gasteiger partial charge in [0.25, 0.3) is 0 Å². The van der Waals surface area contributed by atoms with Gasteiger partial charge in [-0.1, -0.05) is 117 Å². The van der Waals surface area contributed by atoms with Crippen LogP contribution in [0.3, 0.4) is 0 Å². The van der Waals surface area contributed by atoms with Crippen molar-refractivity contribution in [2.45, 2.75) is 13.8 Å². The van der Waals surface area contributed by atoms with Gasteiger partial charge in [-0.3, -0.25) is 14.6 Å². The molecule has 5 rings (SSSR count). The first-order valence-electron chi connectivity index (χ1n) is 11.3. The molecule has 3 heteroatoms. The first-order valence-corrected chi connectivity index (χ1v) is 11.3. The largest absolute Gasteiger partial charge is 0.289 e. The van der Waals surface area contributed by atoms with Crippen LogP contribution in [0.5, 0.6) is 0 Å². The second-order valence-corrected chi connectivity index (χ2v) is 7.16. The molecule has 0 N–H and O–H groups in total. The van der Waals surface area contributed by atoms with Crippen LogP contribution in [0.4, 0.5) is 0 Å². The molecule has 0 spiro atoms. The van der Waals surface area contributed by atoms with Crippen LogP contribution in [0.1, 0.15) is 45.7 Å². The highest BCUT2D eigenvalue weighted by atomic mass is 16.1. The van der Waals surface area contributed by atoms with Gasteiger partial charge >= 0.3 is 0 Å². The lowest BCUT2D eigenvalue weighted by Crippen LogP contribution is -2.01. The Hall–Kier alpha value is -4.37. The van der Waals surface area contributed by atoms with Crippen LogP contribution >= 0.6 is 0 Å². The number of benzene rings is 4. The second-order valence-electron chi connectivity index (χ2n) is 7.16. The fourth-order valence-corrected chi connectivity index (χ4v) is 3.42. The molecule has 0 saturated carbocycles.